The highest BCUT2D eigenvalue weighted by molar-refractivity contribution is 5.70. The number of fused-ring (bicyclic) bond motifs is 1. The zero-order valence-electron chi connectivity index (χ0n) is 16.2. The lowest BCUT2D eigenvalue weighted by molar-refractivity contribution is -0.0979. The molecule has 0 radical (unpaired) electrons. The van der Waals surface area contributed by atoms with Gasteiger partial charge >= 0.3 is 12.2 Å². The van der Waals surface area contributed by atoms with E-state index in [1.54, 1.807) is 9.80 Å². The number of likely N-dealkylation sites (tertiary alicyclic amines) is 1. The fraction of sp³-hybridized carbons (Fsp3) is 0.600. The minimum absolute atomic E-state index is 0.0827. The topological polar surface area (TPSA) is 68.3 Å². The largest absolute Gasteiger partial charge is 0.445 e. The molecule has 0 spiro atoms. The predicted molar refractivity (Wildman–Crippen MR) is 99.3 cm³/mol. The molecule has 2 aliphatic rings. The van der Waals surface area contributed by atoms with E-state index in [0.717, 1.165) is 5.56 Å². The average Bonchev–Trinajstić information content (AvgIpc) is 2.64. The Balaban J connectivity index is 1.56. The Bertz CT molecular complexity index is 658. The number of nitrogens with zero attached hydrogens (tertiary/aromatic N) is 2. The molecule has 2 amide bonds. The van der Waals surface area contributed by atoms with Crippen LogP contribution in [-0.4, -0.2) is 66.0 Å². The molecule has 7 nitrogen and oxygen atoms in total. The summed E-state index contributed by atoms with van der Waals surface area (Å²) in [6.45, 7) is 7.67. The summed E-state index contributed by atoms with van der Waals surface area (Å²) in [5.41, 5.74) is 0.421. The number of carbonyl (C=O) groups excluding carboxylic acids is 2. The van der Waals surface area contributed by atoms with Crippen LogP contribution in [-0.2, 0) is 20.8 Å². The van der Waals surface area contributed by atoms with E-state index in [-0.39, 0.29) is 30.9 Å². The molecular formula is C20H28N2O5. The quantitative estimate of drug-likeness (QED) is 0.794. The van der Waals surface area contributed by atoms with Crippen molar-refractivity contribution in [3.05, 3.63) is 35.9 Å². The molecule has 148 valence electrons. The third kappa shape index (κ3) is 5.13. The normalized spacial score (nSPS) is 22.8. The first-order chi connectivity index (χ1) is 12.8. The number of hydrogen-bond donors (Lipinski definition) is 0. The van der Waals surface area contributed by atoms with Gasteiger partial charge in [0.05, 0.1) is 25.3 Å². The molecule has 0 unspecified atom stereocenters. The van der Waals surface area contributed by atoms with Crippen molar-refractivity contribution in [1.29, 1.82) is 0 Å². The zero-order chi connectivity index (χ0) is 19.4. The van der Waals surface area contributed by atoms with Gasteiger partial charge in [-0.05, 0) is 32.8 Å². The summed E-state index contributed by atoms with van der Waals surface area (Å²) in [6.07, 6.45) is -0.245. The van der Waals surface area contributed by atoms with Crippen LogP contribution in [0.3, 0.4) is 0 Å². The van der Waals surface area contributed by atoms with Gasteiger partial charge in [-0.25, -0.2) is 9.59 Å². The monoisotopic (exact) mass is 376 g/mol. The van der Waals surface area contributed by atoms with Gasteiger partial charge in [0.1, 0.15) is 12.2 Å². The molecule has 7 heteroatoms. The van der Waals surface area contributed by atoms with Gasteiger partial charge in [0.15, 0.2) is 0 Å². The first-order valence-electron chi connectivity index (χ1n) is 9.40. The zero-order valence-corrected chi connectivity index (χ0v) is 16.2. The molecule has 0 aromatic heterocycles. The number of morpholine rings is 1. The second-order valence-electron chi connectivity index (χ2n) is 7.93. The number of benzene rings is 1. The summed E-state index contributed by atoms with van der Waals surface area (Å²) < 4.78 is 16.8. The minimum Gasteiger partial charge on any atom is -0.445 e. The molecule has 0 saturated carbocycles. The third-order valence-corrected chi connectivity index (χ3v) is 4.68. The molecule has 0 aliphatic carbocycles. The lowest BCUT2D eigenvalue weighted by Gasteiger charge is -2.46. The van der Waals surface area contributed by atoms with E-state index in [1.165, 1.54) is 0 Å². The van der Waals surface area contributed by atoms with Crippen molar-refractivity contribution < 1.29 is 23.8 Å². The van der Waals surface area contributed by atoms with Crippen molar-refractivity contribution in [1.82, 2.24) is 9.80 Å². The molecule has 1 aromatic carbocycles. The van der Waals surface area contributed by atoms with E-state index in [2.05, 4.69) is 0 Å². The third-order valence-electron chi connectivity index (χ3n) is 4.68. The molecule has 3 rings (SSSR count). The molecule has 0 N–H and O–H groups in total. The Hall–Kier alpha value is -2.28. The Morgan fingerprint density at radius 1 is 1.15 bits per heavy atom. The maximum Gasteiger partial charge on any atom is 0.410 e. The van der Waals surface area contributed by atoms with Gasteiger partial charge in [-0.2, -0.15) is 0 Å². The van der Waals surface area contributed by atoms with Gasteiger partial charge in [-0.1, -0.05) is 30.3 Å². The molecule has 0 bridgehead atoms. The molecular weight excluding hydrogens is 348 g/mol. The highest BCUT2D eigenvalue weighted by Crippen LogP contribution is 2.25. The van der Waals surface area contributed by atoms with Crippen molar-refractivity contribution in [2.45, 2.75) is 51.5 Å². The molecule has 2 aliphatic heterocycles. The molecule has 1 aromatic rings. The van der Waals surface area contributed by atoms with Crippen molar-refractivity contribution in [2.75, 3.05) is 26.2 Å². The lowest BCUT2D eigenvalue weighted by Crippen LogP contribution is -2.61. The number of ether oxygens (including phenoxy) is 3. The highest BCUT2D eigenvalue weighted by atomic mass is 16.6. The maximum atomic E-state index is 12.6. The number of carbonyl (C=O) groups is 2. The second kappa shape index (κ2) is 8.17. The van der Waals surface area contributed by atoms with Crippen LogP contribution in [0.25, 0.3) is 0 Å². The van der Waals surface area contributed by atoms with Crippen molar-refractivity contribution in [3.63, 3.8) is 0 Å². The summed E-state index contributed by atoms with van der Waals surface area (Å²) in [5, 5.41) is 0. The van der Waals surface area contributed by atoms with E-state index >= 15 is 0 Å². The van der Waals surface area contributed by atoms with Crippen LogP contribution in [0, 0.1) is 0 Å². The van der Waals surface area contributed by atoms with Crippen molar-refractivity contribution in [3.8, 4) is 0 Å². The van der Waals surface area contributed by atoms with Gasteiger partial charge in [0.25, 0.3) is 0 Å². The van der Waals surface area contributed by atoms with E-state index in [9.17, 15) is 9.59 Å². The summed E-state index contributed by atoms with van der Waals surface area (Å²) >= 11 is 0. The Kier molecular flexibility index (Phi) is 5.89. The Labute approximate surface area is 160 Å². The van der Waals surface area contributed by atoms with Crippen LogP contribution in [0.15, 0.2) is 30.3 Å². The van der Waals surface area contributed by atoms with Crippen LogP contribution >= 0.6 is 0 Å². The number of hydrogen-bond acceptors (Lipinski definition) is 5. The molecule has 2 fully saturated rings. The Morgan fingerprint density at radius 2 is 1.89 bits per heavy atom. The fourth-order valence-electron chi connectivity index (χ4n) is 3.41. The van der Waals surface area contributed by atoms with Crippen LogP contribution in [0.4, 0.5) is 9.59 Å². The molecule has 2 heterocycles. The standard InChI is InChI=1S/C20H28N2O5/c1-20(2,3)27-18(23)21-10-9-16-17(13-21)25-12-11-22(16)19(24)26-14-15-7-5-4-6-8-15/h4-8,16-17H,9-14H2,1-3H3/t16-,17-/m1/s1. The van der Waals surface area contributed by atoms with Gasteiger partial charge in [-0.3, -0.25) is 0 Å². The van der Waals surface area contributed by atoms with Crippen molar-refractivity contribution in [2.24, 2.45) is 0 Å². The SMILES string of the molecule is CC(C)(C)OC(=O)N1CC[C@@H]2[C@@H](C1)OCCN2C(=O)OCc1ccccc1. The summed E-state index contributed by atoms with van der Waals surface area (Å²) in [5.74, 6) is 0. The predicted octanol–water partition coefficient (Wildman–Crippen LogP) is 3.03. The first-order valence-corrected chi connectivity index (χ1v) is 9.40. The van der Waals surface area contributed by atoms with E-state index in [0.29, 0.717) is 32.7 Å². The van der Waals surface area contributed by atoms with Gasteiger partial charge in [-0.15, -0.1) is 0 Å². The molecule has 27 heavy (non-hydrogen) atoms. The van der Waals surface area contributed by atoms with Gasteiger partial charge in [0, 0.05) is 13.1 Å². The second-order valence-corrected chi connectivity index (χ2v) is 7.93. The van der Waals surface area contributed by atoms with Crippen LogP contribution in [0.5, 0.6) is 0 Å². The summed E-state index contributed by atoms with van der Waals surface area (Å²) in [6, 6.07) is 9.53. The van der Waals surface area contributed by atoms with E-state index in [4.69, 9.17) is 14.2 Å². The fourth-order valence-corrected chi connectivity index (χ4v) is 3.41. The average molecular weight is 376 g/mol. The summed E-state index contributed by atoms with van der Waals surface area (Å²) in [7, 11) is 0. The Morgan fingerprint density at radius 3 is 2.59 bits per heavy atom. The van der Waals surface area contributed by atoms with E-state index in [1.807, 2.05) is 51.1 Å². The first kappa shape index (κ1) is 19.5. The molecule has 2 atom stereocenters. The van der Waals surface area contributed by atoms with Crippen LogP contribution < -0.4 is 0 Å². The summed E-state index contributed by atoms with van der Waals surface area (Å²) in [4.78, 5) is 28.3. The van der Waals surface area contributed by atoms with Crippen LogP contribution in [0.2, 0.25) is 0 Å². The maximum absolute atomic E-state index is 12.6. The minimum atomic E-state index is -0.533. The highest BCUT2D eigenvalue weighted by Gasteiger charge is 2.41. The van der Waals surface area contributed by atoms with E-state index < -0.39 is 5.60 Å². The molecule has 2 saturated heterocycles. The number of rotatable bonds is 2. The van der Waals surface area contributed by atoms with Crippen molar-refractivity contribution >= 4 is 12.2 Å². The van der Waals surface area contributed by atoms with Crippen LogP contribution in [0.1, 0.15) is 32.8 Å². The van der Waals surface area contributed by atoms with Gasteiger partial charge < -0.3 is 24.0 Å². The lowest BCUT2D eigenvalue weighted by atomic mass is 9.99. The number of piperidine rings is 1. The number of amides is 2. The van der Waals surface area contributed by atoms with Gasteiger partial charge in [0.2, 0.25) is 0 Å². The smallest absolute Gasteiger partial charge is 0.410 e.